The molecule has 0 radical (unpaired) electrons. The molecule has 0 unspecified atom stereocenters. The van der Waals surface area contributed by atoms with E-state index in [4.69, 9.17) is 0 Å². The first-order chi connectivity index (χ1) is 31.0. The molecule has 0 bridgehead atoms. The molecule has 2 heteroatoms. The van der Waals surface area contributed by atoms with E-state index in [9.17, 15) is 0 Å². The van der Waals surface area contributed by atoms with Crippen LogP contribution < -0.4 is 9.80 Å². The Morgan fingerprint density at radius 1 is 0.344 bits per heavy atom. The van der Waals surface area contributed by atoms with E-state index in [1.54, 1.807) is 0 Å². The van der Waals surface area contributed by atoms with Gasteiger partial charge in [-0.1, -0.05) is 163 Å². The standard InChI is InChI=1S/C62H54N2/c1-61(2,3)59-55-33-31-54(64(51-29-25-43-17-9-13-21-47(43)37-51)52-30-26-44-18-10-14-22-48(44)38-52)40-58(55)60(62(4,5)6)56-34-32-53(39-57(56)59)63(49-27-23-41-15-7-11-19-45(41)35-49)50-28-24-42-16-8-12-20-46(42)36-50/h7-9,11-17,19-40H,10,18H2,1-6H3. The van der Waals surface area contributed by atoms with E-state index in [1.807, 2.05) is 0 Å². The van der Waals surface area contributed by atoms with Gasteiger partial charge in [-0.15, -0.1) is 0 Å². The van der Waals surface area contributed by atoms with Crippen molar-refractivity contribution in [3.63, 3.8) is 0 Å². The molecule has 0 fully saturated rings. The van der Waals surface area contributed by atoms with Crippen molar-refractivity contribution >= 4 is 94.1 Å². The highest BCUT2D eigenvalue weighted by atomic mass is 15.1. The number of anilines is 6. The zero-order valence-corrected chi connectivity index (χ0v) is 37.8. The van der Waals surface area contributed by atoms with Gasteiger partial charge in [0.1, 0.15) is 0 Å². The Kier molecular flexibility index (Phi) is 9.47. The molecule has 11 rings (SSSR count). The minimum absolute atomic E-state index is 0.159. The van der Waals surface area contributed by atoms with Crippen LogP contribution >= 0.6 is 0 Å². The minimum Gasteiger partial charge on any atom is -0.310 e. The highest BCUT2D eigenvalue weighted by Gasteiger charge is 2.29. The van der Waals surface area contributed by atoms with E-state index in [-0.39, 0.29) is 10.8 Å². The lowest BCUT2D eigenvalue weighted by Crippen LogP contribution is -2.19. The van der Waals surface area contributed by atoms with Gasteiger partial charge in [0, 0.05) is 34.1 Å². The van der Waals surface area contributed by atoms with Crippen molar-refractivity contribution in [2.75, 3.05) is 9.80 Å². The number of rotatable bonds is 6. The maximum Gasteiger partial charge on any atom is 0.0468 e. The summed E-state index contributed by atoms with van der Waals surface area (Å²) in [6.45, 7) is 14.3. The molecule has 0 heterocycles. The third kappa shape index (κ3) is 6.99. The molecular weight excluding hydrogens is 773 g/mol. The Morgan fingerprint density at radius 3 is 1.12 bits per heavy atom. The number of benzene rings is 10. The number of allylic oxidation sites excluding steroid dienone is 1. The smallest absolute Gasteiger partial charge is 0.0468 e. The fraction of sp³-hybridized carbons (Fsp3) is 0.161. The maximum atomic E-state index is 2.49. The summed E-state index contributed by atoms with van der Waals surface area (Å²) in [6.07, 6.45) is 6.79. The van der Waals surface area contributed by atoms with Crippen LogP contribution in [0, 0.1) is 0 Å². The highest BCUT2D eigenvalue weighted by molar-refractivity contribution is 6.10. The van der Waals surface area contributed by atoms with Crippen molar-refractivity contribution < 1.29 is 0 Å². The Hall–Kier alpha value is -7.16. The number of aryl methyl sites for hydroxylation is 1. The Balaban J connectivity index is 1.16. The normalized spacial score (nSPS) is 13.0. The SMILES string of the molecule is CC(C)(C)c1c2ccc(N(c3ccc4ccccc4c3)c3ccc4ccccc4c3)cc2c(C(C)(C)C)c2ccc(N(c3ccc4c(c3)C=CCC4)c3ccc4ccccc4c3)cc12. The molecule has 1 aliphatic carbocycles. The van der Waals surface area contributed by atoms with Crippen molar-refractivity contribution in [3.8, 4) is 0 Å². The fourth-order valence-electron chi connectivity index (χ4n) is 10.5. The molecule has 10 aromatic carbocycles. The van der Waals surface area contributed by atoms with Crippen molar-refractivity contribution in [1.29, 1.82) is 0 Å². The second-order valence-electron chi connectivity index (χ2n) is 19.8. The lowest BCUT2D eigenvalue weighted by molar-refractivity contribution is 0.593. The van der Waals surface area contributed by atoms with E-state index in [2.05, 4.69) is 245 Å². The van der Waals surface area contributed by atoms with Gasteiger partial charge in [0.2, 0.25) is 0 Å². The highest BCUT2D eigenvalue weighted by Crippen LogP contribution is 2.49. The molecule has 0 saturated carbocycles. The van der Waals surface area contributed by atoms with Gasteiger partial charge < -0.3 is 9.80 Å². The third-order valence-corrected chi connectivity index (χ3v) is 13.3. The van der Waals surface area contributed by atoms with Gasteiger partial charge in [-0.2, -0.15) is 0 Å². The van der Waals surface area contributed by atoms with Gasteiger partial charge in [0.25, 0.3) is 0 Å². The molecule has 0 aromatic heterocycles. The van der Waals surface area contributed by atoms with Crippen LogP contribution in [-0.2, 0) is 17.3 Å². The number of nitrogens with zero attached hydrogens (tertiary/aromatic N) is 2. The first-order valence-corrected chi connectivity index (χ1v) is 22.9. The van der Waals surface area contributed by atoms with E-state index >= 15 is 0 Å². The molecule has 0 spiro atoms. The van der Waals surface area contributed by atoms with Crippen LogP contribution in [0.3, 0.4) is 0 Å². The second kappa shape index (κ2) is 15.3. The van der Waals surface area contributed by atoms with Crippen LogP contribution in [0.15, 0.2) is 188 Å². The molecule has 0 aliphatic heterocycles. The molecule has 0 atom stereocenters. The predicted octanol–water partition coefficient (Wildman–Crippen LogP) is 17.9. The molecule has 0 N–H and O–H groups in total. The van der Waals surface area contributed by atoms with Crippen LogP contribution in [0.2, 0.25) is 0 Å². The van der Waals surface area contributed by atoms with Gasteiger partial charge in [0.05, 0.1) is 0 Å². The first kappa shape index (κ1) is 39.7. The summed E-state index contributed by atoms with van der Waals surface area (Å²) in [5, 5.41) is 12.6. The van der Waals surface area contributed by atoms with Gasteiger partial charge in [-0.25, -0.2) is 0 Å². The summed E-state index contributed by atoms with van der Waals surface area (Å²) in [7, 11) is 0. The zero-order chi connectivity index (χ0) is 43.7. The van der Waals surface area contributed by atoms with Crippen LogP contribution in [0.5, 0.6) is 0 Å². The molecule has 0 amide bonds. The first-order valence-electron chi connectivity index (χ1n) is 22.9. The number of hydrogen-bond acceptors (Lipinski definition) is 2. The summed E-state index contributed by atoms with van der Waals surface area (Å²) in [4.78, 5) is 4.92. The molecule has 64 heavy (non-hydrogen) atoms. The number of hydrogen-bond donors (Lipinski definition) is 0. The van der Waals surface area contributed by atoms with E-state index < -0.39 is 0 Å². The average molecular weight is 827 g/mol. The molecular formula is C62H54N2. The topological polar surface area (TPSA) is 6.48 Å². The Labute approximate surface area is 377 Å². The van der Waals surface area contributed by atoms with E-state index in [1.165, 1.54) is 81.8 Å². The Bertz CT molecular complexity index is 3400. The van der Waals surface area contributed by atoms with Crippen LogP contribution in [0.1, 0.15) is 70.2 Å². The van der Waals surface area contributed by atoms with Crippen molar-refractivity contribution in [2.45, 2.75) is 65.2 Å². The minimum atomic E-state index is -0.160. The van der Waals surface area contributed by atoms with Crippen molar-refractivity contribution in [2.24, 2.45) is 0 Å². The summed E-state index contributed by atoms with van der Waals surface area (Å²) in [5.74, 6) is 0. The van der Waals surface area contributed by atoms with Crippen molar-refractivity contribution in [1.82, 2.24) is 0 Å². The van der Waals surface area contributed by atoms with Crippen LogP contribution in [0.4, 0.5) is 34.1 Å². The average Bonchev–Trinajstić information content (AvgIpc) is 3.30. The monoisotopic (exact) mass is 826 g/mol. The molecule has 10 aromatic rings. The second-order valence-corrected chi connectivity index (χ2v) is 19.8. The number of fused-ring (bicyclic) bond motifs is 6. The molecule has 1 aliphatic rings. The van der Waals surface area contributed by atoms with Gasteiger partial charge in [-0.3, -0.25) is 0 Å². The lowest BCUT2D eigenvalue weighted by atomic mass is 9.74. The summed E-state index contributed by atoms with van der Waals surface area (Å²) in [5.41, 5.74) is 12.0. The quantitative estimate of drug-likeness (QED) is 0.154. The lowest BCUT2D eigenvalue weighted by Gasteiger charge is -2.33. The van der Waals surface area contributed by atoms with Crippen LogP contribution in [-0.4, -0.2) is 0 Å². The largest absolute Gasteiger partial charge is 0.310 e. The predicted molar refractivity (Wildman–Crippen MR) is 278 cm³/mol. The summed E-state index contributed by atoms with van der Waals surface area (Å²) >= 11 is 0. The molecule has 2 nitrogen and oxygen atoms in total. The van der Waals surface area contributed by atoms with E-state index in [0.717, 1.165) is 41.3 Å². The van der Waals surface area contributed by atoms with Crippen LogP contribution in [0.25, 0.3) is 59.9 Å². The van der Waals surface area contributed by atoms with Crippen molar-refractivity contribution in [3.05, 3.63) is 210 Å². The maximum absolute atomic E-state index is 2.49. The third-order valence-electron chi connectivity index (χ3n) is 13.3. The molecule has 312 valence electrons. The van der Waals surface area contributed by atoms with Gasteiger partial charge >= 0.3 is 0 Å². The van der Waals surface area contributed by atoms with E-state index in [0.29, 0.717) is 0 Å². The summed E-state index contributed by atoms with van der Waals surface area (Å²) in [6, 6.07) is 68.2. The fourth-order valence-corrected chi connectivity index (χ4v) is 10.5. The summed E-state index contributed by atoms with van der Waals surface area (Å²) < 4.78 is 0. The molecule has 0 saturated heterocycles. The zero-order valence-electron chi connectivity index (χ0n) is 37.8. The van der Waals surface area contributed by atoms with Gasteiger partial charge in [0.15, 0.2) is 0 Å². The van der Waals surface area contributed by atoms with Gasteiger partial charge in [-0.05, 0) is 173 Å². The Morgan fingerprint density at radius 2 is 0.703 bits per heavy atom.